The lowest BCUT2D eigenvalue weighted by atomic mass is 9.97. The summed E-state index contributed by atoms with van der Waals surface area (Å²) in [6.07, 6.45) is 0.524. The van der Waals surface area contributed by atoms with E-state index >= 15 is 0 Å². The van der Waals surface area contributed by atoms with Gasteiger partial charge >= 0.3 is 19.8 Å². The van der Waals surface area contributed by atoms with Crippen LogP contribution in [-0.4, -0.2) is 206 Å². The fourth-order valence-electron chi connectivity index (χ4n) is 7.97. The van der Waals surface area contributed by atoms with Crippen molar-refractivity contribution in [1.29, 1.82) is 0 Å². The molecule has 1 aliphatic rings. The number of nitrogens with zero attached hydrogens (tertiary/aromatic N) is 2. The number of aliphatic carboxylic acids is 2. The number of carbonyl (C=O) groups excluding carboxylic acids is 10. The van der Waals surface area contributed by atoms with Crippen molar-refractivity contribution in [3.05, 3.63) is 0 Å². The molecule has 35 heteroatoms. The van der Waals surface area contributed by atoms with E-state index in [1.165, 1.54) is 18.7 Å². The Morgan fingerprint density at radius 3 is 1.78 bits per heavy atom. The van der Waals surface area contributed by atoms with E-state index in [1.54, 1.807) is 27.0 Å². The van der Waals surface area contributed by atoms with Crippen molar-refractivity contribution >= 4 is 96.6 Å². The third-order valence-corrected chi connectivity index (χ3v) is 13.8. The van der Waals surface area contributed by atoms with Crippen LogP contribution < -0.4 is 65.5 Å². The van der Waals surface area contributed by atoms with Crippen molar-refractivity contribution in [3.8, 4) is 0 Å². The molecular formula is C47H83N14O19PS. The second-order valence-electron chi connectivity index (χ2n) is 19.9. The van der Waals surface area contributed by atoms with Gasteiger partial charge in [0.15, 0.2) is 5.96 Å². The van der Waals surface area contributed by atoms with Crippen LogP contribution in [0.5, 0.6) is 0 Å². The number of aliphatic hydroxyl groups is 1. The highest BCUT2D eigenvalue weighted by Gasteiger charge is 2.41. The molecule has 0 unspecified atom stereocenters. The molecule has 0 aromatic carbocycles. The molecule has 0 radical (unpaired) electrons. The van der Waals surface area contributed by atoms with Gasteiger partial charge < -0.3 is 95.5 Å². The molecule has 0 saturated carbocycles. The fraction of sp³-hybridized carbons (Fsp3) is 0.723. The number of guanidine groups is 1. The van der Waals surface area contributed by atoms with Crippen molar-refractivity contribution < 1.29 is 91.7 Å². The Kier molecular flexibility index (Phi) is 32.8. The van der Waals surface area contributed by atoms with Crippen LogP contribution in [0.1, 0.15) is 105 Å². The summed E-state index contributed by atoms with van der Waals surface area (Å²) in [7, 11) is -5.37. The highest BCUT2D eigenvalue weighted by atomic mass is 32.2. The summed E-state index contributed by atoms with van der Waals surface area (Å²) in [6.45, 7) is 5.60. The van der Waals surface area contributed by atoms with Crippen LogP contribution in [0.25, 0.3) is 0 Å². The number of likely N-dealkylation sites (tertiary alicyclic amines) is 1. The lowest BCUT2D eigenvalue weighted by Crippen LogP contribution is -2.61. The zero-order chi connectivity index (χ0) is 62.6. The first-order valence-electron chi connectivity index (χ1n) is 26.3. The fourth-order valence-corrected chi connectivity index (χ4v) is 8.78. The number of hydrogen-bond donors (Lipinski definition) is 17. The Morgan fingerprint density at radius 1 is 0.695 bits per heavy atom. The minimum absolute atomic E-state index is 0.00396. The summed E-state index contributed by atoms with van der Waals surface area (Å²) < 4.78 is 16.4. The standard InChI is InChI=1S/C47H83N14O19PS/c1-7-24(4)36(60-42(71)32(22-80-81(77,78)79)59-37(66)25(5)53-39(68)27(12-14-34(49)63)54-38(67)26(48)10-8-17-52-47(50)51)44(73)55-28(13-15-35(64)65)40(69)57-30(20-23(2)3)45(74)61-18-9-11-33(61)43(72)58-31(21-62)41(70)56-29(46(75)76)16-19-82-6/h23-33,36,62H,7-22,48H2,1-6H3,(H2,49,63)(H,53,68)(H,54,67)(H,55,73)(H,56,70)(H,57,69)(H,58,72)(H,59,66)(H,60,71)(H,64,65)(H,75,76)(H4,50,51,52)(H2,77,78,79)/t24-,25-,26-,27-,28-,29-,30-,31-,32-,33-,36-/m0/s1. The van der Waals surface area contributed by atoms with Gasteiger partial charge in [-0.25, -0.2) is 9.36 Å². The molecule has 82 heavy (non-hydrogen) atoms. The monoisotopic (exact) mass is 1210 g/mol. The largest absolute Gasteiger partial charge is 0.481 e. The van der Waals surface area contributed by atoms with Gasteiger partial charge in [0.05, 0.1) is 19.3 Å². The minimum atomic E-state index is -5.37. The molecule has 0 bridgehead atoms. The molecule has 0 aromatic rings. The number of rotatable bonds is 39. The number of phosphoric ester groups is 1. The molecule has 1 saturated heterocycles. The third kappa shape index (κ3) is 27.4. The lowest BCUT2D eigenvalue weighted by Gasteiger charge is -2.32. The van der Waals surface area contributed by atoms with Gasteiger partial charge in [-0.1, -0.05) is 34.1 Å². The SMILES string of the molecule is CC[C@H](C)[C@H](NC(=O)[C@H](COP(=O)(O)O)NC(=O)[C@H](C)NC(=O)[C@H](CCC(N)=O)NC(=O)[C@@H](N)CCCN=C(N)N)C(=O)N[C@@H](CCC(=O)O)C(=O)N[C@@H](CC(C)C)C(=O)N1CCC[C@H]1C(=O)N[C@@H](CO)C(=O)N[C@@H](CCSC)C(=O)O. The predicted octanol–water partition coefficient (Wildman–Crippen LogP) is -5.58. The van der Waals surface area contributed by atoms with Crippen LogP contribution in [-0.2, 0) is 66.6 Å². The number of hydrogen-bond acceptors (Lipinski definition) is 18. The highest BCUT2D eigenvalue weighted by Crippen LogP contribution is 2.35. The summed E-state index contributed by atoms with van der Waals surface area (Å²) in [5, 5.41) is 48.0. The molecule has 21 N–H and O–H groups in total. The summed E-state index contributed by atoms with van der Waals surface area (Å²) in [4.78, 5) is 182. The van der Waals surface area contributed by atoms with Crippen molar-refractivity contribution in [3.63, 3.8) is 0 Å². The van der Waals surface area contributed by atoms with E-state index in [2.05, 4.69) is 52.1 Å². The van der Waals surface area contributed by atoms with E-state index in [1.807, 2.05) is 0 Å². The molecule has 33 nitrogen and oxygen atoms in total. The van der Waals surface area contributed by atoms with Gasteiger partial charge in [-0.3, -0.25) is 62.3 Å². The zero-order valence-corrected chi connectivity index (χ0v) is 48.5. The Hall–Kier alpha value is -6.71. The van der Waals surface area contributed by atoms with Gasteiger partial charge in [-0.15, -0.1) is 0 Å². The van der Waals surface area contributed by atoms with E-state index in [0.717, 1.165) is 11.8 Å². The van der Waals surface area contributed by atoms with E-state index < -0.39 is 178 Å². The number of phosphoric acid groups is 1. The van der Waals surface area contributed by atoms with Crippen molar-refractivity contribution in [1.82, 2.24) is 47.4 Å². The number of carboxylic acid groups (broad SMARTS) is 2. The molecule has 1 heterocycles. The molecular weight excluding hydrogens is 1130 g/mol. The quantitative estimate of drug-likeness (QED) is 0.0118. The molecule has 0 spiro atoms. The van der Waals surface area contributed by atoms with Gasteiger partial charge in [-0.05, 0) is 82.1 Å². The molecule has 466 valence electrons. The average Bonchev–Trinajstić information content (AvgIpc) is 3.92. The second-order valence-corrected chi connectivity index (χ2v) is 22.1. The van der Waals surface area contributed by atoms with Gasteiger partial charge in [0.1, 0.15) is 54.4 Å². The maximum atomic E-state index is 14.3. The number of carboxylic acids is 2. The van der Waals surface area contributed by atoms with Crippen LogP contribution >= 0.6 is 19.6 Å². The summed E-state index contributed by atoms with van der Waals surface area (Å²) >= 11 is 1.34. The van der Waals surface area contributed by atoms with Crippen LogP contribution in [0.3, 0.4) is 0 Å². The minimum Gasteiger partial charge on any atom is -0.481 e. The first kappa shape index (κ1) is 73.3. The third-order valence-electron chi connectivity index (χ3n) is 12.7. The van der Waals surface area contributed by atoms with E-state index in [9.17, 15) is 87.2 Å². The first-order valence-corrected chi connectivity index (χ1v) is 29.3. The number of nitrogens with two attached hydrogens (primary N) is 4. The Labute approximate surface area is 478 Å². The number of aliphatic imine (C=N–C) groups is 1. The van der Waals surface area contributed by atoms with Crippen molar-refractivity contribution in [2.24, 2.45) is 39.8 Å². The van der Waals surface area contributed by atoms with Crippen LogP contribution in [0.4, 0.5) is 0 Å². The molecule has 1 aliphatic heterocycles. The average molecular weight is 1210 g/mol. The van der Waals surface area contributed by atoms with Gasteiger partial charge in [0, 0.05) is 25.9 Å². The number of amides is 10. The summed E-state index contributed by atoms with van der Waals surface area (Å²) in [5.74, 6) is -13.6. The number of carbonyl (C=O) groups is 12. The second kappa shape index (κ2) is 36.7. The molecule has 0 aliphatic carbocycles. The Bertz CT molecular complexity index is 2310. The Morgan fingerprint density at radius 2 is 1.24 bits per heavy atom. The molecule has 10 amide bonds. The van der Waals surface area contributed by atoms with Crippen LogP contribution in [0.2, 0.25) is 0 Å². The maximum absolute atomic E-state index is 14.3. The van der Waals surface area contributed by atoms with E-state index in [0.29, 0.717) is 5.75 Å². The van der Waals surface area contributed by atoms with Crippen molar-refractivity contribution in [2.45, 2.75) is 166 Å². The molecule has 0 aromatic heterocycles. The molecule has 1 fully saturated rings. The van der Waals surface area contributed by atoms with E-state index in [4.69, 9.17) is 22.9 Å². The number of thioether (sulfide) groups is 1. The predicted molar refractivity (Wildman–Crippen MR) is 294 cm³/mol. The van der Waals surface area contributed by atoms with Crippen molar-refractivity contribution in [2.75, 3.05) is 38.3 Å². The smallest absolute Gasteiger partial charge is 0.469 e. The molecule has 11 atom stereocenters. The van der Waals surface area contributed by atoms with Crippen LogP contribution in [0.15, 0.2) is 4.99 Å². The summed E-state index contributed by atoms with van der Waals surface area (Å²) in [5.41, 5.74) is 21.8. The van der Waals surface area contributed by atoms with Gasteiger partial charge in [0.25, 0.3) is 0 Å². The number of nitrogens with one attached hydrogen (secondary N) is 8. The first-order chi connectivity index (χ1) is 38.3. The zero-order valence-electron chi connectivity index (χ0n) is 46.8. The van der Waals surface area contributed by atoms with Gasteiger partial charge in [0.2, 0.25) is 59.1 Å². The number of primary amides is 1. The number of aliphatic hydroxyl groups excluding tert-OH is 1. The molecule has 1 rings (SSSR count). The van der Waals surface area contributed by atoms with Crippen LogP contribution in [0, 0.1) is 11.8 Å². The topological polar surface area (TPSA) is 548 Å². The lowest BCUT2D eigenvalue weighted by molar-refractivity contribution is -0.144. The maximum Gasteiger partial charge on any atom is 0.469 e. The Balaban J connectivity index is 3.44. The normalized spacial score (nSPS) is 16.9. The van der Waals surface area contributed by atoms with Gasteiger partial charge in [-0.2, -0.15) is 11.8 Å². The summed E-state index contributed by atoms with van der Waals surface area (Å²) in [6, 6.07) is -15.2. The highest BCUT2D eigenvalue weighted by molar-refractivity contribution is 7.98. The van der Waals surface area contributed by atoms with E-state index in [-0.39, 0.29) is 76.3 Å².